The Morgan fingerprint density at radius 2 is 2.00 bits per heavy atom. The van der Waals surface area contributed by atoms with Gasteiger partial charge in [0, 0.05) is 28.2 Å². The number of pyridine rings is 1. The van der Waals surface area contributed by atoms with E-state index in [2.05, 4.69) is 4.98 Å². The lowest BCUT2D eigenvalue weighted by Crippen LogP contribution is -2.11. The molecule has 0 amide bonds. The maximum Gasteiger partial charge on any atom is 0.200 e. The quantitative estimate of drug-likeness (QED) is 0.679. The van der Waals surface area contributed by atoms with E-state index in [9.17, 15) is 4.79 Å². The third kappa shape index (κ3) is 3.20. The molecule has 0 spiro atoms. The summed E-state index contributed by atoms with van der Waals surface area (Å²) in [4.78, 5) is 16.3. The first-order chi connectivity index (χ1) is 10.2. The van der Waals surface area contributed by atoms with Crippen molar-refractivity contribution in [3.8, 4) is 5.75 Å². The van der Waals surface area contributed by atoms with Crippen molar-refractivity contribution in [3.05, 3.63) is 71.4 Å². The first-order valence-electron chi connectivity index (χ1n) is 6.49. The van der Waals surface area contributed by atoms with Crippen molar-refractivity contribution in [2.75, 3.05) is 6.61 Å². The Hall–Kier alpha value is -2.39. The van der Waals surface area contributed by atoms with Crippen LogP contribution in [0, 0.1) is 0 Å². The summed E-state index contributed by atoms with van der Waals surface area (Å²) in [6, 6.07) is 16.3. The van der Waals surface area contributed by atoms with Gasteiger partial charge < -0.3 is 4.74 Å². The highest BCUT2D eigenvalue weighted by molar-refractivity contribution is 6.31. The fraction of sp³-hybridized carbons (Fsp3) is 0.0588. The standard InChI is InChI=1S/C17H12ClNO2/c18-14-5-1-3-13(9-14)17(20)11-21-15-7-6-12-4-2-8-19-16(12)10-15/h1-10H,11H2. The van der Waals surface area contributed by atoms with E-state index in [1.807, 2.05) is 30.3 Å². The Balaban J connectivity index is 1.72. The van der Waals surface area contributed by atoms with Crippen molar-refractivity contribution in [1.82, 2.24) is 4.98 Å². The molecule has 104 valence electrons. The largest absolute Gasteiger partial charge is 0.485 e. The monoisotopic (exact) mass is 297 g/mol. The molecule has 0 radical (unpaired) electrons. The number of fused-ring (bicyclic) bond motifs is 1. The lowest BCUT2D eigenvalue weighted by atomic mass is 10.1. The number of ketones is 1. The van der Waals surface area contributed by atoms with E-state index in [1.54, 1.807) is 30.5 Å². The van der Waals surface area contributed by atoms with Crippen LogP contribution in [-0.4, -0.2) is 17.4 Å². The summed E-state index contributed by atoms with van der Waals surface area (Å²) in [6.45, 7) is -0.0291. The fourth-order valence-electron chi connectivity index (χ4n) is 2.03. The van der Waals surface area contributed by atoms with Crippen molar-refractivity contribution >= 4 is 28.3 Å². The highest BCUT2D eigenvalue weighted by atomic mass is 35.5. The molecule has 0 N–H and O–H groups in total. The van der Waals surface area contributed by atoms with Gasteiger partial charge in [-0.3, -0.25) is 9.78 Å². The third-order valence-electron chi connectivity index (χ3n) is 3.09. The summed E-state index contributed by atoms with van der Waals surface area (Å²) in [7, 11) is 0. The van der Waals surface area contributed by atoms with Crippen LogP contribution in [0.25, 0.3) is 10.9 Å². The van der Waals surface area contributed by atoms with E-state index in [0.717, 1.165) is 10.9 Å². The number of benzene rings is 2. The maximum atomic E-state index is 12.0. The van der Waals surface area contributed by atoms with Gasteiger partial charge in [-0.25, -0.2) is 0 Å². The van der Waals surface area contributed by atoms with Gasteiger partial charge >= 0.3 is 0 Å². The molecule has 4 heteroatoms. The molecule has 3 aromatic rings. The van der Waals surface area contributed by atoms with Crippen LogP contribution in [0.15, 0.2) is 60.8 Å². The van der Waals surface area contributed by atoms with Crippen LogP contribution in [0.3, 0.4) is 0 Å². The highest BCUT2D eigenvalue weighted by Gasteiger charge is 2.07. The molecule has 3 nitrogen and oxygen atoms in total. The van der Waals surface area contributed by atoms with Crippen molar-refractivity contribution in [2.24, 2.45) is 0 Å². The van der Waals surface area contributed by atoms with E-state index in [1.165, 1.54) is 0 Å². The van der Waals surface area contributed by atoms with Crippen molar-refractivity contribution < 1.29 is 9.53 Å². The topological polar surface area (TPSA) is 39.2 Å². The zero-order valence-corrected chi connectivity index (χ0v) is 11.9. The molecule has 0 atom stereocenters. The second kappa shape index (κ2) is 5.94. The lowest BCUT2D eigenvalue weighted by Gasteiger charge is -2.06. The van der Waals surface area contributed by atoms with Gasteiger partial charge in [-0.15, -0.1) is 0 Å². The minimum absolute atomic E-state index is 0.0291. The van der Waals surface area contributed by atoms with Gasteiger partial charge in [-0.1, -0.05) is 29.8 Å². The molecule has 1 aromatic heterocycles. The van der Waals surface area contributed by atoms with Gasteiger partial charge in [0.2, 0.25) is 0 Å². The van der Waals surface area contributed by atoms with E-state index < -0.39 is 0 Å². The first-order valence-corrected chi connectivity index (χ1v) is 6.86. The van der Waals surface area contributed by atoms with Crippen molar-refractivity contribution in [3.63, 3.8) is 0 Å². The Bertz CT molecular complexity index is 801. The minimum atomic E-state index is -0.112. The van der Waals surface area contributed by atoms with Crippen LogP contribution in [-0.2, 0) is 0 Å². The number of hydrogen-bond donors (Lipinski definition) is 0. The van der Waals surface area contributed by atoms with Crippen LogP contribution < -0.4 is 4.74 Å². The van der Waals surface area contributed by atoms with E-state index in [-0.39, 0.29) is 12.4 Å². The number of nitrogens with zero attached hydrogens (tertiary/aromatic N) is 1. The summed E-state index contributed by atoms with van der Waals surface area (Å²) in [6.07, 6.45) is 1.73. The van der Waals surface area contributed by atoms with Crippen LogP contribution in [0.5, 0.6) is 5.75 Å². The number of carbonyl (C=O) groups excluding carboxylic acids is 1. The van der Waals surface area contributed by atoms with Gasteiger partial charge in [0.25, 0.3) is 0 Å². The first kappa shape index (κ1) is 13.6. The summed E-state index contributed by atoms with van der Waals surface area (Å²) >= 11 is 5.87. The molecule has 21 heavy (non-hydrogen) atoms. The molecule has 0 aliphatic heterocycles. The molecule has 0 bridgehead atoms. The van der Waals surface area contributed by atoms with Crippen LogP contribution in [0.4, 0.5) is 0 Å². The second-order valence-electron chi connectivity index (χ2n) is 4.58. The summed E-state index contributed by atoms with van der Waals surface area (Å²) in [5, 5.41) is 1.57. The van der Waals surface area contributed by atoms with Gasteiger partial charge in [0.1, 0.15) is 5.75 Å². The molecule has 2 aromatic carbocycles. The zero-order valence-electron chi connectivity index (χ0n) is 11.1. The number of Topliss-reactive ketones (excluding diaryl/α,β-unsaturated/α-hetero) is 1. The average molecular weight is 298 g/mol. The van der Waals surface area contributed by atoms with Gasteiger partial charge in [0.05, 0.1) is 5.52 Å². The maximum absolute atomic E-state index is 12.0. The lowest BCUT2D eigenvalue weighted by molar-refractivity contribution is 0.0921. The Kier molecular flexibility index (Phi) is 3.84. The molecule has 0 aliphatic carbocycles. The average Bonchev–Trinajstić information content (AvgIpc) is 2.52. The van der Waals surface area contributed by atoms with Gasteiger partial charge in [0.15, 0.2) is 12.4 Å². The fourth-order valence-corrected chi connectivity index (χ4v) is 2.22. The van der Waals surface area contributed by atoms with Crippen LogP contribution in [0.2, 0.25) is 5.02 Å². The third-order valence-corrected chi connectivity index (χ3v) is 3.33. The molecule has 3 rings (SSSR count). The number of rotatable bonds is 4. The summed E-state index contributed by atoms with van der Waals surface area (Å²) in [5.41, 5.74) is 1.38. The number of ether oxygens (including phenoxy) is 1. The van der Waals surface area contributed by atoms with Gasteiger partial charge in [-0.2, -0.15) is 0 Å². The van der Waals surface area contributed by atoms with Crippen molar-refractivity contribution in [1.29, 1.82) is 0 Å². The van der Waals surface area contributed by atoms with Crippen LogP contribution >= 0.6 is 11.6 Å². The molecular formula is C17H12ClNO2. The SMILES string of the molecule is O=C(COc1ccc2cccnc2c1)c1cccc(Cl)c1. The second-order valence-corrected chi connectivity index (χ2v) is 5.02. The predicted molar refractivity (Wildman–Crippen MR) is 83.0 cm³/mol. The summed E-state index contributed by atoms with van der Waals surface area (Å²) < 4.78 is 5.54. The smallest absolute Gasteiger partial charge is 0.200 e. The van der Waals surface area contributed by atoms with E-state index >= 15 is 0 Å². The van der Waals surface area contributed by atoms with E-state index in [4.69, 9.17) is 16.3 Å². The molecular weight excluding hydrogens is 286 g/mol. The van der Waals surface area contributed by atoms with E-state index in [0.29, 0.717) is 16.3 Å². The zero-order chi connectivity index (χ0) is 14.7. The number of hydrogen-bond acceptors (Lipinski definition) is 3. The molecule has 0 aliphatic rings. The molecule has 0 fully saturated rings. The number of halogens is 1. The van der Waals surface area contributed by atoms with Crippen LogP contribution in [0.1, 0.15) is 10.4 Å². The number of carbonyl (C=O) groups is 1. The molecule has 0 saturated heterocycles. The highest BCUT2D eigenvalue weighted by Crippen LogP contribution is 2.19. The molecule has 1 heterocycles. The predicted octanol–water partition coefficient (Wildman–Crippen LogP) is 4.15. The van der Waals surface area contributed by atoms with Crippen molar-refractivity contribution in [2.45, 2.75) is 0 Å². The number of aromatic nitrogens is 1. The normalized spacial score (nSPS) is 10.5. The minimum Gasteiger partial charge on any atom is -0.485 e. The Labute approximate surface area is 127 Å². The molecule has 0 unspecified atom stereocenters. The summed E-state index contributed by atoms with van der Waals surface area (Å²) in [5.74, 6) is 0.509. The molecule has 0 saturated carbocycles. The Morgan fingerprint density at radius 1 is 1.10 bits per heavy atom. The Morgan fingerprint density at radius 3 is 2.86 bits per heavy atom. The van der Waals surface area contributed by atoms with Gasteiger partial charge in [-0.05, 0) is 30.3 Å².